The zero-order valence-electron chi connectivity index (χ0n) is 19.8. The fraction of sp³-hybridized carbons (Fsp3) is 0.462. The minimum Gasteiger partial charge on any atom is -0.481 e. The Morgan fingerprint density at radius 3 is 2.61 bits per heavy atom. The van der Waals surface area contributed by atoms with E-state index < -0.39 is 6.29 Å². The van der Waals surface area contributed by atoms with Gasteiger partial charge in [-0.15, -0.1) is 8.78 Å². The van der Waals surface area contributed by atoms with Crippen molar-refractivity contribution in [3.05, 3.63) is 53.5 Å². The quantitative estimate of drug-likeness (QED) is 0.494. The van der Waals surface area contributed by atoms with Crippen molar-refractivity contribution in [3.63, 3.8) is 0 Å². The average Bonchev–Trinajstić information content (AvgIpc) is 3.21. The maximum Gasteiger partial charge on any atom is 0.586 e. The van der Waals surface area contributed by atoms with Gasteiger partial charge in [0, 0.05) is 23.7 Å². The molecular formula is C26H26F3N3O4. The lowest BCUT2D eigenvalue weighted by Crippen LogP contribution is -2.61. The number of pyridine rings is 2. The highest BCUT2D eigenvalue weighted by molar-refractivity contribution is 5.78. The number of aromatic nitrogens is 2. The highest BCUT2D eigenvalue weighted by atomic mass is 19.3. The van der Waals surface area contributed by atoms with Gasteiger partial charge in [0.2, 0.25) is 5.88 Å². The Hall–Kier alpha value is -3.11. The third-order valence-electron chi connectivity index (χ3n) is 7.69. The largest absolute Gasteiger partial charge is 0.586 e. The minimum absolute atomic E-state index is 0.0393. The third kappa shape index (κ3) is 4.22. The first-order valence-corrected chi connectivity index (χ1v) is 12.0. The van der Waals surface area contributed by atoms with Crippen LogP contribution in [0.2, 0.25) is 0 Å². The van der Waals surface area contributed by atoms with Gasteiger partial charge in [0.05, 0.1) is 36.5 Å². The average molecular weight is 502 g/mol. The summed E-state index contributed by atoms with van der Waals surface area (Å²) in [5.41, 5.74) is 2.05. The van der Waals surface area contributed by atoms with E-state index in [1.54, 1.807) is 24.3 Å². The molecule has 0 unspecified atom stereocenters. The zero-order valence-corrected chi connectivity index (χ0v) is 19.8. The second-order valence-electron chi connectivity index (χ2n) is 9.86. The molecule has 7 nitrogen and oxygen atoms in total. The Morgan fingerprint density at radius 1 is 1.06 bits per heavy atom. The second kappa shape index (κ2) is 8.48. The van der Waals surface area contributed by atoms with Crippen LogP contribution in [0.5, 0.6) is 17.4 Å². The lowest BCUT2D eigenvalue weighted by Gasteiger charge is -2.53. The van der Waals surface area contributed by atoms with Crippen LogP contribution >= 0.6 is 0 Å². The van der Waals surface area contributed by atoms with Crippen LogP contribution in [0.3, 0.4) is 0 Å². The van der Waals surface area contributed by atoms with Gasteiger partial charge in [0.15, 0.2) is 11.5 Å². The summed E-state index contributed by atoms with van der Waals surface area (Å²) in [5.74, 6) is 0.136. The number of hydrogen-bond acceptors (Lipinski definition) is 7. The molecule has 1 N–H and O–H groups in total. The van der Waals surface area contributed by atoms with Crippen LogP contribution in [0.15, 0.2) is 36.5 Å². The smallest absolute Gasteiger partial charge is 0.481 e. The van der Waals surface area contributed by atoms with E-state index in [1.165, 1.54) is 19.4 Å². The van der Waals surface area contributed by atoms with Gasteiger partial charge >= 0.3 is 6.29 Å². The number of fused-ring (bicyclic) bond motifs is 5. The predicted molar refractivity (Wildman–Crippen MR) is 124 cm³/mol. The number of halogens is 3. The van der Waals surface area contributed by atoms with Crippen molar-refractivity contribution in [2.45, 2.75) is 62.5 Å². The van der Waals surface area contributed by atoms with Crippen LogP contribution in [-0.4, -0.2) is 41.1 Å². The van der Waals surface area contributed by atoms with Crippen LogP contribution in [0.4, 0.5) is 13.2 Å². The molecule has 1 aliphatic carbocycles. The number of nitrogens with one attached hydrogen (secondary N) is 1. The molecule has 0 radical (unpaired) electrons. The molecule has 1 aromatic carbocycles. The minimum atomic E-state index is -3.62. The van der Waals surface area contributed by atoms with Gasteiger partial charge in [-0.1, -0.05) is 6.07 Å². The number of methoxy groups -OCH3 is 1. The zero-order chi connectivity index (χ0) is 25.0. The Morgan fingerprint density at radius 2 is 1.86 bits per heavy atom. The molecule has 0 spiro atoms. The number of hydrogen-bond donors (Lipinski definition) is 1. The van der Waals surface area contributed by atoms with Crippen molar-refractivity contribution in [2.24, 2.45) is 0 Å². The van der Waals surface area contributed by atoms with Gasteiger partial charge in [0.1, 0.15) is 5.82 Å². The Labute approximate surface area is 205 Å². The van der Waals surface area contributed by atoms with E-state index in [0.29, 0.717) is 48.5 Å². The number of aryl methyl sites for hydroxylation is 1. The summed E-state index contributed by atoms with van der Waals surface area (Å²) < 4.78 is 62.0. The van der Waals surface area contributed by atoms with Crippen LogP contribution in [0.1, 0.15) is 43.2 Å². The van der Waals surface area contributed by atoms with E-state index in [0.717, 1.165) is 31.2 Å². The summed E-state index contributed by atoms with van der Waals surface area (Å²) in [6.07, 6.45) is 2.36. The van der Waals surface area contributed by atoms with Crippen molar-refractivity contribution in [2.75, 3.05) is 13.7 Å². The number of rotatable bonds is 7. The first kappa shape index (κ1) is 23.3. The summed E-state index contributed by atoms with van der Waals surface area (Å²) in [4.78, 5) is 8.59. The van der Waals surface area contributed by atoms with Crippen molar-refractivity contribution >= 4 is 11.0 Å². The molecule has 36 heavy (non-hydrogen) atoms. The summed E-state index contributed by atoms with van der Waals surface area (Å²) in [5, 5.41) is 3.59. The molecule has 2 bridgehead atoms. The van der Waals surface area contributed by atoms with E-state index in [9.17, 15) is 13.2 Å². The molecule has 3 aromatic rings. The Bertz CT molecular complexity index is 1290. The lowest BCUT2D eigenvalue weighted by atomic mass is 9.69. The second-order valence-corrected chi connectivity index (χ2v) is 9.86. The van der Waals surface area contributed by atoms with E-state index >= 15 is 0 Å². The van der Waals surface area contributed by atoms with Crippen molar-refractivity contribution in [1.82, 2.24) is 15.3 Å². The van der Waals surface area contributed by atoms with E-state index in [-0.39, 0.29) is 28.5 Å². The third-order valence-corrected chi connectivity index (χ3v) is 7.69. The molecule has 0 atom stereocenters. The van der Waals surface area contributed by atoms with Gasteiger partial charge in [-0.05, 0) is 62.3 Å². The Balaban J connectivity index is 1.10. The summed E-state index contributed by atoms with van der Waals surface area (Å²) in [6, 6.07) is 8.33. The standard InChI is InChI=1S/C26H26F3N3O4/c1-33-22-5-3-19-23(32-22)17(18(27)14-30-19)6-7-25-10-8-24(9-11-25,15-34-25)31-13-16-2-4-20-21(12-16)36-26(28,29)35-20/h2-5,12,14,31H,6-11,13,15H2,1H3. The van der Waals surface area contributed by atoms with Crippen LogP contribution in [0.25, 0.3) is 11.0 Å². The molecule has 10 heteroatoms. The molecule has 5 heterocycles. The number of nitrogens with zero attached hydrogens (tertiary/aromatic N) is 2. The van der Waals surface area contributed by atoms with Crippen molar-refractivity contribution in [1.29, 1.82) is 0 Å². The summed E-state index contributed by atoms with van der Waals surface area (Å²) >= 11 is 0. The van der Waals surface area contributed by atoms with Crippen molar-refractivity contribution in [3.8, 4) is 17.4 Å². The fourth-order valence-corrected chi connectivity index (χ4v) is 5.49. The monoisotopic (exact) mass is 501 g/mol. The molecule has 3 fully saturated rings. The molecule has 1 saturated carbocycles. The first-order valence-electron chi connectivity index (χ1n) is 12.0. The molecule has 2 saturated heterocycles. The predicted octanol–water partition coefficient (Wildman–Crippen LogP) is 4.90. The summed E-state index contributed by atoms with van der Waals surface area (Å²) in [7, 11) is 1.53. The van der Waals surface area contributed by atoms with Gasteiger partial charge < -0.3 is 24.3 Å². The molecule has 190 valence electrons. The topological polar surface area (TPSA) is 74.7 Å². The van der Waals surface area contributed by atoms with E-state index in [1.807, 2.05) is 0 Å². The molecule has 2 aromatic heterocycles. The van der Waals surface area contributed by atoms with Gasteiger partial charge in [-0.25, -0.2) is 9.37 Å². The fourth-order valence-electron chi connectivity index (χ4n) is 5.49. The maximum atomic E-state index is 14.7. The first-order chi connectivity index (χ1) is 17.3. The summed E-state index contributed by atoms with van der Waals surface area (Å²) in [6.45, 7) is 1.04. The normalized spacial score (nSPS) is 25.9. The molecule has 4 aliphatic rings. The number of ether oxygens (including phenoxy) is 4. The van der Waals surface area contributed by atoms with Crippen molar-refractivity contribution < 1.29 is 32.1 Å². The van der Waals surface area contributed by atoms with Gasteiger partial charge in [-0.2, -0.15) is 0 Å². The van der Waals surface area contributed by atoms with E-state index in [2.05, 4.69) is 24.8 Å². The molecule has 3 aliphatic heterocycles. The Kier molecular flexibility index (Phi) is 5.49. The van der Waals surface area contributed by atoms with Gasteiger partial charge in [-0.3, -0.25) is 4.98 Å². The SMILES string of the molecule is COc1ccc2ncc(F)c(CCC34CCC(NCc5ccc6c(c5)OC(F)(F)O6)(CC3)CO4)c2n1. The molecule has 7 rings (SSSR count). The lowest BCUT2D eigenvalue weighted by molar-refractivity contribution is -0.286. The van der Waals surface area contributed by atoms with Crippen LogP contribution < -0.4 is 19.5 Å². The molecule has 0 amide bonds. The maximum absolute atomic E-state index is 14.7. The van der Waals surface area contributed by atoms with E-state index in [4.69, 9.17) is 9.47 Å². The number of alkyl halides is 2. The number of benzene rings is 1. The highest BCUT2D eigenvalue weighted by Crippen LogP contribution is 2.47. The van der Waals surface area contributed by atoms with Gasteiger partial charge in [0.25, 0.3) is 0 Å². The highest BCUT2D eigenvalue weighted by Gasteiger charge is 2.49. The van der Waals surface area contributed by atoms with Crippen LogP contribution in [0, 0.1) is 5.82 Å². The molecular weight excluding hydrogens is 475 g/mol. The van der Waals surface area contributed by atoms with Crippen LogP contribution in [-0.2, 0) is 17.7 Å².